The molecule has 3 aliphatic rings. The van der Waals surface area contributed by atoms with Crippen molar-refractivity contribution in [3.05, 3.63) is 36.0 Å². The number of ether oxygens (including phenoxy) is 4. The Balaban J connectivity index is 1.34. The van der Waals surface area contributed by atoms with Crippen molar-refractivity contribution in [2.75, 3.05) is 62.8 Å². The highest BCUT2D eigenvalue weighted by molar-refractivity contribution is 5.91. The SMILES string of the molecule is Cc1ccc(NC(=O)N2CC[C@H](OC(F)(F)F)C2)cc1-c1cnc(OC2CCOCC2)c(N2CCOCC2)c1. The lowest BCUT2D eigenvalue weighted by atomic mass is 10.0. The molecular formula is C27H33F3N4O5. The van der Waals surface area contributed by atoms with Gasteiger partial charge in [-0.15, -0.1) is 13.2 Å². The Morgan fingerprint density at radius 3 is 2.51 bits per heavy atom. The van der Waals surface area contributed by atoms with Crippen LogP contribution in [0.25, 0.3) is 11.1 Å². The molecule has 3 aliphatic heterocycles. The number of amides is 2. The molecule has 1 atom stereocenters. The fourth-order valence-corrected chi connectivity index (χ4v) is 5.07. The molecule has 0 unspecified atom stereocenters. The molecule has 12 heteroatoms. The number of pyridine rings is 1. The minimum Gasteiger partial charge on any atom is -0.473 e. The maximum Gasteiger partial charge on any atom is 0.522 e. The molecule has 2 amide bonds. The number of aryl methyl sites for hydroxylation is 1. The normalized spacial score (nSPS) is 20.8. The Kier molecular flexibility index (Phi) is 8.43. The second kappa shape index (κ2) is 12.0. The maximum atomic E-state index is 12.8. The van der Waals surface area contributed by atoms with Gasteiger partial charge in [-0.05, 0) is 42.7 Å². The van der Waals surface area contributed by atoms with Crippen LogP contribution in [0.4, 0.5) is 29.3 Å². The first-order chi connectivity index (χ1) is 18.7. The Bertz CT molecular complexity index is 1150. The van der Waals surface area contributed by atoms with Gasteiger partial charge in [0.15, 0.2) is 0 Å². The molecule has 1 N–H and O–H groups in total. The third kappa shape index (κ3) is 7.11. The topological polar surface area (TPSA) is 85.4 Å². The standard InChI is InChI=1S/C27H33F3N4O5/c1-18-2-3-20(32-26(35)34-7-4-22(17-34)39-27(28,29)30)15-23(18)19-14-24(33-8-12-37-13-9-33)25(31-16-19)38-21-5-10-36-11-6-21/h2-3,14-16,21-22H,4-13,17H2,1H3,(H,32,35)/t22-/m0/s1. The number of benzene rings is 1. The number of nitrogens with one attached hydrogen (secondary N) is 1. The zero-order chi connectivity index (χ0) is 27.4. The highest BCUT2D eigenvalue weighted by atomic mass is 19.4. The lowest BCUT2D eigenvalue weighted by molar-refractivity contribution is -0.340. The summed E-state index contributed by atoms with van der Waals surface area (Å²) < 4.78 is 59.0. The van der Waals surface area contributed by atoms with Gasteiger partial charge in [-0.1, -0.05) is 6.07 Å². The Hall–Kier alpha value is -3.09. The molecule has 3 saturated heterocycles. The summed E-state index contributed by atoms with van der Waals surface area (Å²) in [7, 11) is 0. The van der Waals surface area contributed by atoms with Crippen LogP contribution in [0.2, 0.25) is 0 Å². The van der Waals surface area contributed by atoms with Gasteiger partial charge in [0.2, 0.25) is 5.88 Å². The lowest BCUT2D eigenvalue weighted by Crippen LogP contribution is -2.37. The number of anilines is 2. The number of rotatable bonds is 6. The number of alkyl halides is 3. The summed E-state index contributed by atoms with van der Waals surface area (Å²) in [5.41, 5.74) is 4.16. The molecule has 1 aromatic heterocycles. The fourth-order valence-electron chi connectivity index (χ4n) is 5.07. The molecule has 0 spiro atoms. The molecule has 0 bridgehead atoms. The van der Waals surface area contributed by atoms with Gasteiger partial charge in [-0.2, -0.15) is 0 Å². The third-order valence-electron chi connectivity index (χ3n) is 7.16. The number of nitrogens with zero attached hydrogens (tertiary/aromatic N) is 3. The van der Waals surface area contributed by atoms with Crippen LogP contribution in [0.1, 0.15) is 24.8 Å². The van der Waals surface area contributed by atoms with E-state index in [1.54, 1.807) is 12.3 Å². The number of urea groups is 1. The number of likely N-dealkylation sites (tertiary alicyclic amines) is 1. The van der Waals surface area contributed by atoms with Crippen molar-refractivity contribution >= 4 is 17.4 Å². The van der Waals surface area contributed by atoms with E-state index < -0.39 is 18.5 Å². The molecule has 1 aromatic carbocycles. The molecular weight excluding hydrogens is 517 g/mol. The van der Waals surface area contributed by atoms with E-state index in [0.717, 1.165) is 48.3 Å². The molecule has 0 aliphatic carbocycles. The summed E-state index contributed by atoms with van der Waals surface area (Å²) in [5.74, 6) is 0.583. The number of halogens is 3. The summed E-state index contributed by atoms with van der Waals surface area (Å²) in [6, 6.07) is 7.11. The van der Waals surface area contributed by atoms with Gasteiger partial charge in [0.1, 0.15) is 11.8 Å². The number of aromatic nitrogens is 1. The first-order valence-electron chi connectivity index (χ1n) is 13.2. The van der Waals surface area contributed by atoms with Crippen LogP contribution in [0.3, 0.4) is 0 Å². The van der Waals surface area contributed by atoms with E-state index in [4.69, 9.17) is 19.2 Å². The smallest absolute Gasteiger partial charge is 0.473 e. The average molecular weight is 551 g/mol. The molecule has 0 radical (unpaired) electrons. The zero-order valence-electron chi connectivity index (χ0n) is 21.8. The summed E-state index contributed by atoms with van der Waals surface area (Å²) in [4.78, 5) is 21.0. The van der Waals surface area contributed by atoms with E-state index >= 15 is 0 Å². The van der Waals surface area contributed by atoms with Crippen molar-refractivity contribution in [2.24, 2.45) is 0 Å². The molecule has 3 fully saturated rings. The number of carbonyl (C=O) groups excluding carboxylic acids is 1. The highest BCUT2D eigenvalue weighted by Gasteiger charge is 2.37. The number of carbonyl (C=O) groups is 1. The van der Waals surface area contributed by atoms with Crippen LogP contribution in [0.15, 0.2) is 30.5 Å². The van der Waals surface area contributed by atoms with Gasteiger partial charge in [-0.3, -0.25) is 4.74 Å². The number of hydrogen-bond donors (Lipinski definition) is 1. The molecule has 2 aromatic rings. The monoisotopic (exact) mass is 550 g/mol. The van der Waals surface area contributed by atoms with Crippen molar-refractivity contribution < 1.29 is 36.9 Å². The second-order valence-corrected chi connectivity index (χ2v) is 9.96. The first-order valence-corrected chi connectivity index (χ1v) is 13.2. The molecule has 5 rings (SSSR count). The molecule has 39 heavy (non-hydrogen) atoms. The predicted molar refractivity (Wildman–Crippen MR) is 138 cm³/mol. The predicted octanol–water partition coefficient (Wildman–Crippen LogP) is 4.59. The van der Waals surface area contributed by atoms with E-state index in [2.05, 4.69) is 21.0 Å². The largest absolute Gasteiger partial charge is 0.522 e. The van der Waals surface area contributed by atoms with Gasteiger partial charge in [0.05, 0.1) is 32.5 Å². The van der Waals surface area contributed by atoms with Gasteiger partial charge >= 0.3 is 12.4 Å². The Labute approximate surface area is 225 Å². The van der Waals surface area contributed by atoms with Gasteiger partial charge in [0.25, 0.3) is 0 Å². The molecule has 4 heterocycles. The van der Waals surface area contributed by atoms with Crippen LogP contribution in [0, 0.1) is 6.92 Å². The van der Waals surface area contributed by atoms with E-state index in [9.17, 15) is 18.0 Å². The van der Waals surface area contributed by atoms with E-state index in [0.29, 0.717) is 38.0 Å². The van der Waals surface area contributed by atoms with Crippen molar-refractivity contribution in [3.8, 4) is 17.0 Å². The van der Waals surface area contributed by atoms with Gasteiger partial charge in [0, 0.05) is 56.5 Å². The minimum atomic E-state index is -4.72. The third-order valence-corrected chi connectivity index (χ3v) is 7.16. The van der Waals surface area contributed by atoms with Crippen molar-refractivity contribution in [3.63, 3.8) is 0 Å². The molecule has 0 saturated carbocycles. The van der Waals surface area contributed by atoms with Crippen molar-refractivity contribution in [2.45, 2.75) is 44.8 Å². The van der Waals surface area contributed by atoms with E-state index in [-0.39, 0.29) is 25.6 Å². The second-order valence-electron chi connectivity index (χ2n) is 9.96. The molecule has 212 valence electrons. The average Bonchev–Trinajstić information content (AvgIpc) is 3.38. The zero-order valence-corrected chi connectivity index (χ0v) is 21.8. The van der Waals surface area contributed by atoms with Gasteiger partial charge in [-0.25, -0.2) is 9.78 Å². The fraction of sp³-hybridized carbons (Fsp3) is 0.556. The maximum absolute atomic E-state index is 12.8. The van der Waals surface area contributed by atoms with Crippen LogP contribution < -0.4 is 15.0 Å². The van der Waals surface area contributed by atoms with E-state index in [1.807, 2.05) is 19.1 Å². The lowest BCUT2D eigenvalue weighted by Gasteiger charge is -2.31. The number of hydrogen-bond acceptors (Lipinski definition) is 7. The molecule has 9 nitrogen and oxygen atoms in total. The summed E-state index contributed by atoms with van der Waals surface area (Å²) in [5, 5.41) is 2.81. The summed E-state index contributed by atoms with van der Waals surface area (Å²) in [6.07, 6.45) is -2.21. The minimum absolute atomic E-state index is 0.0453. The van der Waals surface area contributed by atoms with Crippen LogP contribution >= 0.6 is 0 Å². The van der Waals surface area contributed by atoms with Crippen LogP contribution in [-0.4, -0.2) is 87.1 Å². The quantitative estimate of drug-likeness (QED) is 0.563. The van der Waals surface area contributed by atoms with Crippen molar-refractivity contribution in [1.29, 1.82) is 0 Å². The summed E-state index contributed by atoms with van der Waals surface area (Å²) in [6.45, 7) is 6.05. The summed E-state index contributed by atoms with van der Waals surface area (Å²) >= 11 is 0. The van der Waals surface area contributed by atoms with Crippen LogP contribution in [0.5, 0.6) is 5.88 Å². The van der Waals surface area contributed by atoms with Crippen LogP contribution in [-0.2, 0) is 14.2 Å². The van der Waals surface area contributed by atoms with Crippen molar-refractivity contribution in [1.82, 2.24) is 9.88 Å². The van der Waals surface area contributed by atoms with E-state index in [1.165, 1.54) is 4.90 Å². The highest BCUT2D eigenvalue weighted by Crippen LogP contribution is 2.35. The first kappa shape index (κ1) is 27.5. The number of morpholine rings is 1. The Morgan fingerprint density at radius 2 is 1.77 bits per heavy atom. The Morgan fingerprint density at radius 1 is 1.03 bits per heavy atom. The van der Waals surface area contributed by atoms with Gasteiger partial charge < -0.3 is 29.3 Å².